The number of rotatable bonds is 5. The van der Waals surface area contributed by atoms with Gasteiger partial charge < -0.3 is 37.6 Å². The lowest BCUT2D eigenvalue weighted by Crippen LogP contribution is -3.00. The van der Waals surface area contributed by atoms with Crippen molar-refractivity contribution in [3.05, 3.63) is 28.8 Å². The van der Waals surface area contributed by atoms with E-state index in [0.29, 0.717) is 6.04 Å². The van der Waals surface area contributed by atoms with Crippen molar-refractivity contribution in [1.82, 2.24) is 0 Å². The first-order valence-electron chi connectivity index (χ1n) is 14.4. The number of halogens is 1. The lowest BCUT2D eigenvalue weighted by Gasteiger charge is -2.75. The second-order valence-corrected chi connectivity index (χ2v) is 15.0. The molecule has 4 bridgehead atoms. The maximum Gasteiger partial charge on any atom is 0.252 e. The van der Waals surface area contributed by atoms with Crippen molar-refractivity contribution < 1.29 is 36.6 Å². The number of benzene rings is 1. The molecular weight excluding hydrogens is 500 g/mol. The fourth-order valence-electron chi connectivity index (χ4n) is 10.0. The van der Waals surface area contributed by atoms with Crippen LogP contribution in [0.4, 0.5) is 0 Å². The van der Waals surface area contributed by atoms with Gasteiger partial charge in [-0.1, -0.05) is 26.8 Å². The van der Waals surface area contributed by atoms with Gasteiger partial charge in [-0.05, 0) is 62.5 Å². The van der Waals surface area contributed by atoms with Crippen LogP contribution in [0, 0.1) is 22.7 Å². The minimum Gasteiger partial charge on any atom is -1.00 e. The van der Waals surface area contributed by atoms with Crippen LogP contribution in [-0.4, -0.2) is 65.1 Å². The average molecular weight is 547 g/mol. The number of carbonyl (C=O) groups excluding carboxylic acids is 1. The van der Waals surface area contributed by atoms with E-state index in [2.05, 4.69) is 33.9 Å². The zero-order valence-electron chi connectivity index (χ0n) is 24.1. The molecule has 5 unspecified atom stereocenters. The van der Waals surface area contributed by atoms with Crippen LogP contribution < -0.4 is 18.1 Å². The van der Waals surface area contributed by atoms with Crippen molar-refractivity contribution >= 4 is 5.91 Å². The molecule has 1 spiro atoms. The number of phenols is 1. The highest BCUT2D eigenvalue weighted by Gasteiger charge is 2.78. The number of likely N-dealkylation sites (N-methyl/N-ethyl adjacent to an activating group) is 1. The lowest BCUT2D eigenvalue weighted by molar-refractivity contribution is -0.952. The van der Waals surface area contributed by atoms with E-state index in [1.807, 2.05) is 14.0 Å². The van der Waals surface area contributed by atoms with Gasteiger partial charge in [0.15, 0.2) is 0 Å². The number of hydrogen-bond donors (Lipinski definition) is 3. The number of aliphatic hydroxyl groups is 1. The third kappa shape index (κ3) is 3.39. The molecule has 7 rings (SSSR count). The van der Waals surface area contributed by atoms with Gasteiger partial charge in [-0.3, -0.25) is 4.79 Å². The number of quaternary nitrogens is 1. The number of hydrogen-bond acceptors (Lipinski definition) is 4. The van der Waals surface area contributed by atoms with Gasteiger partial charge in [0.2, 0.25) is 0 Å². The van der Waals surface area contributed by atoms with Crippen LogP contribution in [0.25, 0.3) is 0 Å². The standard InChI is InChI=1S/C31H46N2O4.ClH/c1-27(2,3)28(4,36)22-16-29-11-12-31(22,37-6)18-30(29)13-14-33(5,17-19-7-8-19)23(29)15-20-9-10-21(26(32)35)25(34)24(20)30;/h9-10,19,22-23,36H,7-8,11-18H2,1-6H3,(H2-,32,34,35);1H/t22-,23?,28?,29?,30?,31?,33+;/m1./s1. The second kappa shape index (κ2) is 8.34. The monoisotopic (exact) mass is 546 g/mol. The van der Waals surface area contributed by atoms with Gasteiger partial charge in [0, 0.05) is 48.2 Å². The lowest BCUT2D eigenvalue weighted by atomic mass is 9.33. The summed E-state index contributed by atoms with van der Waals surface area (Å²) < 4.78 is 7.59. The quantitative estimate of drug-likeness (QED) is 0.485. The highest BCUT2D eigenvalue weighted by Crippen LogP contribution is 2.75. The zero-order valence-corrected chi connectivity index (χ0v) is 24.8. The summed E-state index contributed by atoms with van der Waals surface area (Å²) in [6.45, 7) is 10.7. The summed E-state index contributed by atoms with van der Waals surface area (Å²) in [5.74, 6) is 0.331. The summed E-state index contributed by atoms with van der Waals surface area (Å²) in [7, 11) is 4.30. The van der Waals surface area contributed by atoms with Crippen molar-refractivity contribution in [3.63, 3.8) is 0 Å². The SMILES string of the molecule is COC12CCC3(C[C@@H]1C(C)(O)C(C)(C)C)C1Cc4ccc(C(N)=O)c(O)c4C3(CC[N@@+]1(C)CC1CC1)C2.[Cl-]. The average Bonchev–Trinajstić information content (AvgIpc) is 3.63. The molecule has 0 radical (unpaired) electrons. The second-order valence-electron chi connectivity index (χ2n) is 15.0. The van der Waals surface area contributed by atoms with Crippen molar-refractivity contribution in [1.29, 1.82) is 0 Å². The van der Waals surface area contributed by atoms with Crippen LogP contribution in [-0.2, 0) is 16.6 Å². The summed E-state index contributed by atoms with van der Waals surface area (Å²) in [6.07, 6.45) is 8.15. The van der Waals surface area contributed by atoms with Crippen molar-refractivity contribution in [3.8, 4) is 5.75 Å². The van der Waals surface area contributed by atoms with Crippen LogP contribution in [0.3, 0.4) is 0 Å². The van der Waals surface area contributed by atoms with Crippen molar-refractivity contribution in [2.75, 3.05) is 27.2 Å². The number of nitrogens with two attached hydrogens (primary N) is 1. The van der Waals surface area contributed by atoms with Crippen molar-refractivity contribution in [2.24, 2.45) is 28.4 Å². The first kappa shape index (κ1) is 28.2. The third-order valence-corrected chi connectivity index (χ3v) is 12.6. The Labute approximate surface area is 234 Å². The number of methoxy groups -OCH3 is 1. The Kier molecular flexibility index (Phi) is 6.19. The number of carbonyl (C=O) groups is 1. The highest BCUT2D eigenvalue weighted by atomic mass is 35.5. The molecular formula is C31H47ClN2O4. The van der Waals surface area contributed by atoms with E-state index in [-0.39, 0.29) is 45.9 Å². The van der Waals surface area contributed by atoms with Gasteiger partial charge in [0.1, 0.15) is 5.75 Å². The van der Waals surface area contributed by atoms with Gasteiger partial charge in [-0.15, -0.1) is 0 Å². The fourth-order valence-corrected chi connectivity index (χ4v) is 10.0. The molecule has 38 heavy (non-hydrogen) atoms. The molecule has 0 aromatic heterocycles. The van der Waals surface area contributed by atoms with Gasteiger partial charge in [-0.25, -0.2) is 0 Å². The largest absolute Gasteiger partial charge is 1.00 e. The molecule has 5 fully saturated rings. The van der Waals surface area contributed by atoms with E-state index >= 15 is 0 Å². The fraction of sp³-hybridized carbons (Fsp3) is 0.774. The molecule has 1 amide bonds. The molecule has 1 saturated heterocycles. The number of fused-ring (bicyclic) bond motifs is 3. The Balaban J connectivity index is 0.00000294. The first-order chi connectivity index (χ1) is 17.2. The summed E-state index contributed by atoms with van der Waals surface area (Å²) in [5.41, 5.74) is 6.05. The number of ether oxygens (including phenoxy) is 1. The van der Waals surface area contributed by atoms with E-state index < -0.39 is 17.1 Å². The van der Waals surface area contributed by atoms with E-state index in [1.165, 1.54) is 24.9 Å². The Hall–Kier alpha value is -1.34. The molecule has 4 N–H and O–H groups in total. The van der Waals surface area contributed by atoms with E-state index in [4.69, 9.17) is 10.5 Å². The van der Waals surface area contributed by atoms with Crippen LogP contribution >= 0.6 is 0 Å². The normalized spacial score (nSPS) is 40.9. The minimum atomic E-state index is -0.913. The molecule has 4 saturated carbocycles. The molecule has 7 heteroatoms. The Morgan fingerprint density at radius 1 is 1.18 bits per heavy atom. The minimum absolute atomic E-state index is 0. The predicted molar refractivity (Wildman–Crippen MR) is 143 cm³/mol. The summed E-state index contributed by atoms with van der Waals surface area (Å²) >= 11 is 0. The van der Waals surface area contributed by atoms with Crippen LogP contribution in [0.2, 0.25) is 0 Å². The third-order valence-electron chi connectivity index (χ3n) is 12.6. The highest BCUT2D eigenvalue weighted by molar-refractivity contribution is 5.96. The van der Waals surface area contributed by atoms with Crippen molar-refractivity contribution in [2.45, 2.75) is 102 Å². The molecule has 1 aliphatic heterocycles. The van der Waals surface area contributed by atoms with Gasteiger partial charge >= 0.3 is 0 Å². The van der Waals surface area contributed by atoms with Gasteiger partial charge in [0.25, 0.3) is 5.91 Å². The summed E-state index contributed by atoms with van der Waals surface area (Å²) in [5, 5.41) is 23.9. The van der Waals surface area contributed by atoms with E-state index in [9.17, 15) is 15.0 Å². The number of aromatic hydroxyl groups is 1. The molecule has 1 aromatic carbocycles. The maximum atomic E-state index is 12.3. The topological polar surface area (TPSA) is 92.8 Å². The number of amides is 1. The number of primary amides is 1. The molecule has 7 atom stereocenters. The molecule has 212 valence electrons. The molecule has 5 aliphatic carbocycles. The van der Waals surface area contributed by atoms with Gasteiger partial charge in [-0.2, -0.15) is 0 Å². The molecule has 1 aromatic rings. The zero-order chi connectivity index (χ0) is 26.8. The van der Waals surface area contributed by atoms with Crippen LogP contribution in [0.15, 0.2) is 12.1 Å². The molecule has 6 aliphatic rings. The number of piperidine rings is 1. The van der Waals surface area contributed by atoms with E-state index in [0.717, 1.165) is 61.0 Å². The molecule has 1 heterocycles. The first-order valence-corrected chi connectivity index (χ1v) is 14.4. The smallest absolute Gasteiger partial charge is 0.252 e. The summed E-state index contributed by atoms with van der Waals surface area (Å²) in [6, 6.07) is 4.21. The number of nitrogens with zero attached hydrogens (tertiary/aromatic N) is 1. The Bertz CT molecular complexity index is 1160. The Morgan fingerprint density at radius 2 is 1.87 bits per heavy atom. The van der Waals surface area contributed by atoms with Crippen LogP contribution in [0.5, 0.6) is 5.75 Å². The molecule has 6 nitrogen and oxygen atoms in total. The number of likely N-dealkylation sites (tertiary alicyclic amines) is 1. The van der Waals surface area contributed by atoms with E-state index in [1.54, 1.807) is 6.07 Å². The Morgan fingerprint density at radius 3 is 2.45 bits per heavy atom. The predicted octanol–water partition coefficient (Wildman–Crippen LogP) is 1.29. The van der Waals surface area contributed by atoms with Gasteiger partial charge in [0.05, 0.1) is 42.9 Å². The maximum absolute atomic E-state index is 12.3. The van der Waals surface area contributed by atoms with Crippen LogP contribution in [0.1, 0.15) is 94.1 Å². The summed E-state index contributed by atoms with van der Waals surface area (Å²) in [4.78, 5) is 12.3.